The summed E-state index contributed by atoms with van der Waals surface area (Å²) in [5.41, 5.74) is 0.738. The lowest BCUT2D eigenvalue weighted by Crippen LogP contribution is -2.43. The second kappa shape index (κ2) is 7.88. The molecule has 5 nitrogen and oxygen atoms in total. The highest BCUT2D eigenvalue weighted by Gasteiger charge is 2.24. The summed E-state index contributed by atoms with van der Waals surface area (Å²) in [6.45, 7) is 9.37. The van der Waals surface area contributed by atoms with E-state index in [-0.39, 0.29) is 17.1 Å². The molecule has 0 bridgehead atoms. The van der Waals surface area contributed by atoms with E-state index in [1.54, 1.807) is 19.2 Å². The zero-order valence-electron chi connectivity index (χ0n) is 15.3. The summed E-state index contributed by atoms with van der Waals surface area (Å²) in [6.07, 6.45) is 2.28. The molecule has 0 unspecified atom stereocenters. The van der Waals surface area contributed by atoms with Crippen molar-refractivity contribution in [2.75, 3.05) is 26.7 Å². The number of likely N-dealkylation sites (tertiary alicyclic amines) is 1. The van der Waals surface area contributed by atoms with Gasteiger partial charge in [0.1, 0.15) is 0 Å². The number of hydrogen-bond donors (Lipinski definition) is 2. The van der Waals surface area contributed by atoms with Crippen molar-refractivity contribution in [3.63, 3.8) is 0 Å². The molecule has 1 fully saturated rings. The third-order valence-electron chi connectivity index (χ3n) is 4.49. The molecule has 1 saturated heterocycles. The number of methoxy groups -OCH3 is 1. The van der Waals surface area contributed by atoms with Gasteiger partial charge in [-0.05, 0) is 43.0 Å². The fraction of sp³-hybridized carbons (Fsp3) is 0.632. The Bertz CT molecular complexity index is 566. The summed E-state index contributed by atoms with van der Waals surface area (Å²) in [5.74, 6) is 1.28. The predicted octanol–water partition coefficient (Wildman–Crippen LogP) is 2.78. The molecule has 1 atom stereocenters. The first-order valence-corrected chi connectivity index (χ1v) is 8.66. The van der Waals surface area contributed by atoms with Crippen LogP contribution in [0.1, 0.15) is 39.2 Å². The molecule has 1 aromatic carbocycles. The molecule has 0 aliphatic carbocycles. The fourth-order valence-electron chi connectivity index (χ4n) is 3.06. The summed E-state index contributed by atoms with van der Waals surface area (Å²) in [7, 11) is 1.55. The Balaban J connectivity index is 1.87. The van der Waals surface area contributed by atoms with Gasteiger partial charge in [-0.25, -0.2) is 0 Å². The summed E-state index contributed by atoms with van der Waals surface area (Å²) >= 11 is 0. The Labute approximate surface area is 145 Å². The lowest BCUT2D eigenvalue weighted by molar-refractivity contribution is -0.128. The molecule has 1 amide bonds. The van der Waals surface area contributed by atoms with Gasteiger partial charge >= 0.3 is 0 Å². The van der Waals surface area contributed by atoms with E-state index in [2.05, 4.69) is 10.2 Å². The second-order valence-corrected chi connectivity index (χ2v) is 7.71. The van der Waals surface area contributed by atoms with Gasteiger partial charge in [0.2, 0.25) is 5.91 Å². The van der Waals surface area contributed by atoms with Gasteiger partial charge in [0.15, 0.2) is 11.5 Å². The number of ether oxygens (including phenoxy) is 1. The van der Waals surface area contributed by atoms with Crippen LogP contribution in [0, 0.1) is 11.3 Å². The highest BCUT2D eigenvalue weighted by molar-refractivity contribution is 5.81. The number of phenolic OH excluding ortho intramolecular Hbond substituents is 1. The maximum absolute atomic E-state index is 12.0. The van der Waals surface area contributed by atoms with Crippen molar-refractivity contribution in [2.24, 2.45) is 11.3 Å². The number of amides is 1. The Hall–Kier alpha value is -1.75. The molecule has 0 aromatic heterocycles. The quantitative estimate of drug-likeness (QED) is 0.869. The van der Waals surface area contributed by atoms with Gasteiger partial charge in [-0.2, -0.15) is 0 Å². The molecule has 5 heteroatoms. The van der Waals surface area contributed by atoms with Crippen LogP contribution in [-0.2, 0) is 11.3 Å². The van der Waals surface area contributed by atoms with Crippen LogP contribution in [-0.4, -0.2) is 42.7 Å². The molecule has 24 heavy (non-hydrogen) atoms. The first-order chi connectivity index (χ1) is 11.3. The van der Waals surface area contributed by atoms with Gasteiger partial charge in [-0.3, -0.25) is 9.69 Å². The summed E-state index contributed by atoms with van der Waals surface area (Å²) in [4.78, 5) is 14.4. The zero-order valence-corrected chi connectivity index (χ0v) is 15.3. The molecular formula is C19H30N2O3. The van der Waals surface area contributed by atoms with Crippen LogP contribution < -0.4 is 10.1 Å². The summed E-state index contributed by atoms with van der Waals surface area (Å²) < 4.78 is 5.08. The zero-order chi connectivity index (χ0) is 17.7. The van der Waals surface area contributed by atoms with E-state index in [9.17, 15) is 9.90 Å². The van der Waals surface area contributed by atoms with E-state index < -0.39 is 0 Å². The first-order valence-electron chi connectivity index (χ1n) is 8.66. The number of carbonyl (C=O) groups excluding carboxylic acids is 1. The molecule has 0 saturated carbocycles. The van der Waals surface area contributed by atoms with E-state index in [1.807, 2.05) is 26.8 Å². The van der Waals surface area contributed by atoms with Crippen LogP contribution in [0.4, 0.5) is 0 Å². The van der Waals surface area contributed by atoms with Crippen LogP contribution in [0.3, 0.4) is 0 Å². The third-order valence-corrected chi connectivity index (χ3v) is 4.49. The maximum atomic E-state index is 12.0. The second-order valence-electron chi connectivity index (χ2n) is 7.71. The molecule has 1 aliphatic rings. The number of carbonyl (C=O) groups is 1. The van der Waals surface area contributed by atoms with Crippen LogP contribution in [0.25, 0.3) is 0 Å². The van der Waals surface area contributed by atoms with Gasteiger partial charge in [0.25, 0.3) is 0 Å². The summed E-state index contributed by atoms with van der Waals surface area (Å²) in [6, 6.07) is 5.56. The SMILES string of the molecule is COc1ccc(CN2CCC[C@H](CNC(=O)C(C)(C)C)C2)cc1O. The van der Waals surface area contributed by atoms with E-state index in [0.29, 0.717) is 11.7 Å². The number of benzene rings is 1. The minimum absolute atomic E-state index is 0.111. The Kier molecular flexibility index (Phi) is 6.10. The Morgan fingerprint density at radius 2 is 2.17 bits per heavy atom. The van der Waals surface area contributed by atoms with Crippen LogP contribution >= 0.6 is 0 Å². The number of phenols is 1. The molecule has 1 aromatic rings. The predicted molar refractivity (Wildman–Crippen MR) is 95.1 cm³/mol. The van der Waals surface area contributed by atoms with E-state index >= 15 is 0 Å². The molecule has 2 N–H and O–H groups in total. The van der Waals surface area contributed by atoms with Crippen molar-refractivity contribution in [3.05, 3.63) is 23.8 Å². The normalized spacial score (nSPS) is 19.1. The highest BCUT2D eigenvalue weighted by atomic mass is 16.5. The van der Waals surface area contributed by atoms with Crippen molar-refractivity contribution in [1.29, 1.82) is 0 Å². The van der Waals surface area contributed by atoms with Gasteiger partial charge in [-0.15, -0.1) is 0 Å². The molecular weight excluding hydrogens is 304 g/mol. The Morgan fingerprint density at radius 1 is 1.42 bits per heavy atom. The molecule has 2 rings (SSSR count). The van der Waals surface area contributed by atoms with Gasteiger partial charge < -0.3 is 15.2 Å². The van der Waals surface area contributed by atoms with Crippen molar-refractivity contribution in [1.82, 2.24) is 10.2 Å². The van der Waals surface area contributed by atoms with Crippen molar-refractivity contribution >= 4 is 5.91 Å². The topological polar surface area (TPSA) is 61.8 Å². The number of rotatable bonds is 5. The average Bonchev–Trinajstić information content (AvgIpc) is 2.52. The smallest absolute Gasteiger partial charge is 0.225 e. The van der Waals surface area contributed by atoms with Crippen molar-refractivity contribution in [2.45, 2.75) is 40.2 Å². The minimum atomic E-state index is -0.338. The van der Waals surface area contributed by atoms with Crippen LogP contribution in [0.5, 0.6) is 11.5 Å². The standard InChI is InChI=1S/C19H30N2O3/c1-19(2,3)18(23)20-11-15-6-5-9-21(13-15)12-14-7-8-17(24-4)16(22)10-14/h7-8,10,15,22H,5-6,9,11-13H2,1-4H3,(H,20,23)/t15-/m1/s1. The number of nitrogens with zero attached hydrogens (tertiary/aromatic N) is 1. The molecule has 0 spiro atoms. The maximum Gasteiger partial charge on any atom is 0.225 e. The lowest BCUT2D eigenvalue weighted by Gasteiger charge is -2.33. The van der Waals surface area contributed by atoms with Crippen LogP contribution in [0.2, 0.25) is 0 Å². The van der Waals surface area contributed by atoms with Crippen molar-refractivity contribution < 1.29 is 14.6 Å². The number of piperidine rings is 1. The monoisotopic (exact) mass is 334 g/mol. The van der Waals surface area contributed by atoms with Gasteiger partial charge in [0, 0.05) is 25.0 Å². The average molecular weight is 334 g/mol. The summed E-state index contributed by atoms with van der Waals surface area (Å²) in [5, 5.41) is 13.0. The fourth-order valence-corrected chi connectivity index (χ4v) is 3.06. The first kappa shape index (κ1) is 18.6. The lowest BCUT2D eigenvalue weighted by atomic mass is 9.94. The van der Waals surface area contributed by atoms with Crippen molar-refractivity contribution in [3.8, 4) is 11.5 Å². The number of nitrogens with one attached hydrogen (secondary N) is 1. The van der Waals surface area contributed by atoms with E-state index in [1.165, 1.54) is 0 Å². The van der Waals surface area contributed by atoms with E-state index in [4.69, 9.17) is 4.74 Å². The number of aromatic hydroxyl groups is 1. The molecule has 134 valence electrons. The largest absolute Gasteiger partial charge is 0.504 e. The molecule has 1 heterocycles. The van der Waals surface area contributed by atoms with Crippen LogP contribution in [0.15, 0.2) is 18.2 Å². The molecule has 0 radical (unpaired) electrons. The highest BCUT2D eigenvalue weighted by Crippen LogP contribution is 2.27. The van der Waals surface area contributed by atoms with Gasteiger partial charge in [0.05, 0.1) is 7.11 Å². The minimum Gasteiger partial charge on any atom is -0.504 e. The van der Waals surface area contributed by atoms with Gasteiger partial charge in [-0.1, -0.05) is 26.8 Å². The molecule has 1 aliphatic heterocycles. The number of hydrogen-bond acceptors (Lipinski definition) is 4. The third kappa shape index (κ3) is 5.13. The van der Waals surface area contributed by atoms with E-state index in [0.717, 1.165) is 44.6 Å². The Morgan fingerprint density at radius 3 is 2.79 bits per heavy atom.